The number of nitrogens with zero attached hydrogens (tertiary/aromatic N) is 1. The highest BCUT2D eigenvalue weighted by Gasteiger charge is 2.09. The number of benzene rings is 1. The molecule has 0 radical (unpaired) electrons. The summed E-state index contributed by atoms with van der Waals surface area (Å²) in [4.78, 5) is 24.6. The molecule has 0 spiro atoms. The Morgan fingerprint density at radius 2 is 2.21 bits per heavy atom. The van der Waals surface area contributed by atoms with Crippen molar-refractivity contribution in [2.45, 2.75) is 6.92 Å². The maximum atomic E-state index is 11.2. The van der Waals surface area contributed by atoms with E-state index in [4.69, 9.17) is 0 Å². The molecule has 14 heavy (non-hydrogen) atoms. The van der Waals surface area contributed by atoms with Crippen LogP contribution in [0.15, 0.2) is 23.2 Å². The van der Waals surface area contributed by atoms with Gasteiger partial charge in [0.25, 0.3) is 0 Å². The van der Waals surface area contributed by atoms with E-state index in [1.54, 1.807) is 19.1 Å². The highest BCUT2D eigenvalue weighted by Crippen LogP contribution is 2.17. The van der Waals surface area contributed by atoms with Crippen LogP contribution in [0.3, 0.4) is 0 Å². The van der Waals surface area contributed by atoms with Crippen LogP contribution in [0, 0.1) is 6.92 Å². The first-order valence-electron chi connectivity index (χ1n) is 3.96. The highest BCUT2D eigenvalue weighted by molar-refractivity contribution is 5.92. The smallest absolute Gasteiger partial charge is 0.338 e. The Labute approximate surface area is 81.2 Å². The van der Waals surface area contributed by atoms with E-state index in [0.29, 0.717) is 11.3 Å². The second-order valence-electron chi connectivity index (χ2n) is 2.69. The Balaban J connectivity index is 3.20. The lowest BCUT2D eigenvalue weighted by atomic mass is 10.1. The molecule has 0 atom stereocenters. The maximum Gasteiger partial charge on any atom is 0.338 e. The molecule has 4 nitrogen and oxygen atoms in total. The lowest BCUT2D eigenvalue weighted by Gasteiger charge is -2.03. The van der Waals surface area contributed by atoms with E-state index in [1.165, 1.54) is 19.3 Å². The van der Waals surface area contributed by atoms with Gasteiger partial charge < -0.3 is 4.74 Å². The number of rotatable bonds is 2. The van der Waals surface area contributed by atoms with E-state index in [0.717, 1.165) is 5.56 Å². The summed E-state index contributed by atoms with van der Waals surface area (Å²) in [5.41, 5.74) is 1.58. The molecule has 0 fully saturated rings. The predicted molar refractivity (Wildman–Crippen MR) is 50.3 cm³/mol. The van der Waals surface area contributed by atoms with Crippen molar-refractivity contribution in [3.63, 3.8) is 0 Å². The molecular formula is C10H9NO3. The van der Waals surface area contributed by atoms with Crippen LogP contribution in [-0.4, -0.2) is 19.2 Å². The maximum absolute atomic E-state index is 11.2. The van der Waals surface area contributed by atoms with E-state index in [-0.39, 0.29) is 0 Å². The third-order valence-corrected chi connectivity index (χ3v) is 1.80. The van der Waals surface area contributed by atoms with E-state index in [9.17, 15) is 9.59 Å². The summed E-state index contributed by atoms with van der Waals surface area (Å²) < 4.78 is 4.57. The van der Waals surface area contributed by atoms with Gasteiger partial charge in [0.15, 0.2) is 0 Å². The van der Waals surface area contributed by atoms with Gasteiger partial charge in [-0.3, -0.25) is 0 Å². The van der Waals surface area contributed by atoms with Crippen LogP contribution >= 0.6 is 0 Å². The zero-order chi connectivity index (χ0) is 10.6. The van der Waals surface area contributed by atoms with Crippen molar-refractivity contribution in [3.8, 4) is 0 Å². The average Bonchev–Trinajstić information content (AvgIpc) is 2.20. The van der Waals surface area contributed by atoms with Crippen LogP contribution in [0.4, 0.5) is 5.69 Å². The molecule has 1 rings (SSSR count). The van der Waals surface area contributed by atoms with Gasteiger partial charge in [-0.25, -0.2) is 9.59 Å². The Kier molecular flexibility index (Phi) is 3.15. The summed E-state index contributed by atoms with van der Waals surface area (Å²) in [5.74, 6) is -0.439. The van der Waals surface area contributed by atoms with Crippen LogP contribution in [0.2, 0.25) is 0 Å². The molecule has 0 heterocycles. The van der Waals surface area contributed by atoms with Gasteiger partial charge >= 0.3 is 5.97 Å². The van der Waals surface area contributed by atoms with Gasteiger partial charge in [0.2, 0.25) is 6.08 Å². The molecule has 0 aliphatic rings. The van der Waals surface area contributed by atoms with Gasteiger partial charge in [-0.2, -0.15) is 4.99 Å². The fourth-order valence-electron chi connectivity index (χ4n) is 1.06. The summed E-state index contributed by atoms with van der Waals surface area (Å²) in [6.07, 6.45) is 1.41. The quantitative estimate of drug-likeness (QED) is 0.406. The number of aryl methyl sites for hydroxylation is 1. The number of esters is 1. The van der Waals surface area contributed by atoms with Gasteiger partial charge in [-0.15, -0.1) is 0 Å². The highest BCUT2D eigenvalue weighted by atomic mass is 16.5. The Morgan fingerprint density at radius 1 is 1.50 bits per heavy atom. The minimum absolute atomic E-state index is 0.394. The second kappa shape index (κ2) is 4.35. The molecule has 0 aliphatic carbocycles. The number of hydrogen-bond acceptors (Lipinski definition) is 4. The normalized spacial score (nSPS) is 9.00. The first-order chi connectivity index (χ1) is 6.69. The van der Waals surface area contributed by atoms with E-state index >= 15 is 0 Å². The summed E-state index contributed by atoms with van der Waals surface area (Å²) in [6, 6.07) is 4.82. The van der Waals surface area contributed by atoms with Crippen molar-refractivity contribution in [2.24, 2.45) is 4.99 Å². The summed E-state index contributed by atoms with van der Waals surface area (Å²) in [6.45, 7) is 1.78. The topological polar surface area (TPSA) is 55.7 Å². The molecule has 0 saturated heterocycles. The minimum atomic E-state index is -0.439. The van der Waals surface area contributed by atoms with E-state index in [2.05, 4.69) is 9.73 Å². The minimum Gasteiger partial charge on any atom is -0.465 e. The third kappa shape index (κ3) is 2.06. The van der Waals surface area contributed by atoms with Crippen molar-refractivity contribution in [1.29, 1.82) is 0 Å². The lowest BCUT2D eigenvalue weighted by molar-refractivity contribution is 0.0600. The molecule has 1 aromatic rings. The van der Waals surface area contributed by atoms with Gasteiger partial charge in [0.05, 0.1) is 18.4 Å². The summed E-state index contributed by atoms with van der Waals surface area (Å²) in [7, 11) is 1.30. The first-order valence-corrected chi connectivity index (χ1v) is 3.96. The van der Waals surface area contributed by atoms with Gasteiger partial charge in [-0.05, 0) is 24.6 Å². The fraction of sp³-hybridized carbons (Fsp3) is 0.200. The third-order valence-electron chi connectivity index (χ3n) is 1.80. The van der Waals surface area contributed by atoms with Crippen LogP contribution in [0.5, 0.6) is 0 Å². The molecule has 0 aliphatic heterocycles. The van der Waals surface area contributed by atoms with E-state index < -0.39 is 5.97 Å². The van der Waals surface area contributed by atoms with Crippen LogP contribution < -0.4 is 0 Å². The van der Waals surface area contributed by atoms with Crippen molar-refractivity contribution in [2.75, 3.05) is 7.11 Å². The molecule has 0 unspecified atom stereocenters. The van der Waals surface area contributed by atoms with Crippen LogP contribution in [0.25, 0.3) is 0 Å². The van der Waals surface area contributed by atoms with Gasteiger partial charge in [0.1, 0.15) is 0 Å². The van der Waals surface area contributed by atoms with Crippen molar-refractivity contribution in [1.82, 2.24) is 0 Å². The number of ether oxygens (including phenoxy) is 1. The second-order valence-corrected chi connectivity index (χ2v) is 2.69. The number of carbonyl (C=O) groups is 1. The molecule has 0 amide bonds. The molecule has 72 valence electrons. The molecule has 0 aromatic heterocycles. The lowest BCUT2D eigenvalue weighted by Crippen LogP contribution is -2.03. The van der Waals surface area contributed by atoms with E-state index in [1.807, 2.05) is 0 Å². The van der Waals surface area contributed by atoms with Crippen molar-refractivity contribution < 1.29 is 14.3 Å². The Bertz CT molecular complexity index is 406. The molecule has 4 heteroatoms. The number of isocyanates is 1. The number of aliphatic imine (C=N–C) groups is 1. The summed E-state index contributed by atoms with van der Waals surface area (Å²) in [5, 5.41) is 0. The van der Waals surface area contributed by atoms with Crippen LogP contribution in [-0.2, 0) is 9.53 Å². The number of methoxy groups -OCH3 is 1. The Hall–Kier alpha value is -1.93. The molecule has 0 saturated carbocycles. The summed E-state index contributed by atoms with van der Waals surface area (Å²) >= 11 is 0. The van der Waals surface area contributed by atoms with Gasteiger partial charge in [-0.1, -0.05) is 6.07 Å². The van der Waals surface area contributed by atoms with Crippen molar-refractivity contribution >= 4 is 17.7 Å². The Morgan fingerprint density at radius 3 is 2.79 bits per heavy atom. The number of carbonyl (C=O) groups excluding carboxylic acids is 2. The van der Waals surface area contributed by atoms with Crippen LogP contribution in [0.1, 0.15) is 15.9 Å². The standard InChI is InChI=1S/C10H9NO3/c1-7-3-4-8(11-6-12)5-9(7)10(13)14-2/h3-5H,1-2H3. The fourth-order valence-corrected chi connectivity index (χ4v) is 1.06. The first kappa shape index (κ1) is 10.2. The zero-order valence-corrected chi connectivity index (χ0v) is 7.90. The average molecular weight is 191 g/mol. The molecule has 0 bridgehead atoms. The SMILES string of the molecule is COC(=O)c1cc(N=C=O)ccc1C. The molecule has 1 aromatic carbocycles. The zero-order valence-electron chi connectivity index (χ0n) is 7.90. The monoisotopic (exact) mass is 191 g/mol. The molecule has 0 N–H and O–H groups in total. The number of hydrogen-bond donors (Lipinski definition) is 0. The largest absolute Gasteiger partial charge is 0.465 e. The predicted octanol–water partition coefficient (Wildman–Crippen LogP) is 1.75. The van der Waals surface area contributed by atoms with Crippen molar-refractivity contribution in [3.05, 3.63) is 29.3 Å². The molecular weight excluding hydrogens is 182 g/mol. The van der Waals surface area contributed by atoms with Gasteiger partial charge in [0, 0.05) is 0 Å².